The second-order valence-electron chi connectivity index (χ2n) is 5.57. The van der Waals surface area contributed by atoms with E-state index >= 15 is 0 Å². The molecule has 0 saturated heterocycles. The van der Waals surface area contributed by atoms with Crippen LogP contribution in [0.5, 0.6) is 0 Å². The molecule has 0 radical (unpaired) electrons. The van der Waals surface area contributed by atoms with Gasteiger partial charge in [-0.25, -0.2) is 9.97 Å². The van der Waals surface area contributed by atoms with Gasteiger partial charge in [-0.15, -0.1) is 0 Å². The zero-order chi connectivity index (χ0) is 15.2. The van der Waals surface area contributed by atoms with E-state index in [0.29, 0.717) is 0 Å². The molecule has 3 heteroatoms. The normalized spacial score (nSPS) is 10.9. The minimum absolute atomic E-state index is 0.832. The number of hydrogen-bond donors (Lipinski definition) is 1. The highest BCUT2D eigenvalue weighted by molar-refractivity contribution is 5.56. The van der Waals surface area contributed by atoms with Gasteiger partial charge in [0.2, 0.25) is 0 Å². The molecule has 3 nitrogen and oxygen atoms in total. The van der Waals surface area contributed by atoms with Crippen LogP contribution in [-0.2, 0) is 6.42 Å². The van der Waals surface area contributed by atoms with Gasteiger partial charge in [-0.3, -0.25) is 0 Å². The van der Waals surface area contributed by atoms with E-state index in [0.717, 1.165) is 42.3 Å². The maximum Gasteiger partial charge on any atom is 0.159 e. The van der Waals surface area contributed by atoms with E-state index in [9.17, 15) is 0 Å². The van der Waals surface area contributed by atoms with Crippen LogP contribution in [0.3, 0.4) is 0 Å². The fraction of sp³-hybridized carbons (Fsp3) is 0.444. The van der Waals surface area contributed by atoms with Gasteiger partial charge < -0.3 is 5.32 Å². The fourth-order valence-electron chi connectivity index (χ4n) is 2.53. The standard InChI is InChI=1S/C18H25N3/c1-5-10-19-11-9-17-14(3)20-18(21-15(17)4)16-8-6-7-13(2)12-16/h6-8,12,19H,5,9-11H2,1-4H3. The van der Waals surface area contributed by atoms with E-state index < -0.39 is 0 Å². The lowest BCUT2D eigenvalue weighted by molar-refractivity contribution is 0.666. The first-order valence-electron chi connectivity index (χ1n) is 7.73. The van der Waals surface area contributed by atoms with E-state index in [-0.39, 0.29) is 0 Å². The predicted octanol–water partition coefficient (Wildman–Crippen LogP) is 3.61. The predicted molar refractivity (Wildman–Crippen MR) is 88.5 cm³/mol. The van der Waals surface area contributed by atoms with Crippen molar-refractivity contribution >= 4 is 0 Å². The van der Waals surface area contributed by atoms with Crippen molar-refractivity contribution in [3.63, 3.8) is 0 Å². The molecular weight excluding hydrogens is 258 g/mol. The molecule has 1 heterocycles. The third kappa shape index (κ3) is 4.11. The van der Waals surface area contributed by atoms with Crippen molar-refractivity contribution < 1.29 is 0 Å². The lowest BCUT2D eigenvalue weighted by Gasteiger charge is -2.11. The van der Waals surface area contributed by atoms with Gasteiger partial charge in [0.15, 0.2) is 5.82 Å². The molecule has 0 unspecified atom stereocenters. The highest BCUT2D eigenvalue weighted by atomic mass is 14.9. The SMILES string of the molecule is CCCNCCc1c(C)nc(-c2cccc(C)c2)nc1C. The number of rotatable bonds is 6. The van der Waals surface area contributed by atoms with Crippen LogP contribution in [0.4, 0.5) is 0 Å². The summed E-state index contributed by atoms with van der Waals surface area (Å²) in [5.74, 6) is 0.832. The molecule has 112 valence electrons. The zero-order valence-corrected chi connectivity index (χ0v) is 13.5. The van der Waals surface area contributed by atoms with Crippen molar-refractivity contribution in [2.24, 2.45) is 0 Å². The Bertz CT molecular complexity index is 582. The van der Waals surface area contributed by atoms with E-state index in [4.69, 9.17) is 9.97 Å². The Morgan fingerprint density at radius 3 is 2.33 bits per heavy atom. The summed E-state index contributed by atoms with van der Waals surface area (Å²) in [5, 5.41) is 3.44. The second-order valence-corrected chi connectivity index (χ2v) is 5.57. The summed E-state index contributed by atoms with van der Waals surface area (Å²) in [6.45, 7) is 10.5. The van der Waals surface area contributed by atoms with Crippen molar-refractivity contribution in [1.29, 1.82) is 0 Å². The number of benzene rings is 1. The van der Waals surface area contributed by atoms with Crippen LogP contribution >= 0.6 is 0 Å². The summed E-state index contributed by atoms with van der Waals surface area (Å²) >= 11 is 0. The van der Waals surface area contributed by atoms with Gasteiger partial charge in [0.05, 0.1) is 0 Å². The van der Waals surface area contributed by atoms with Gasteiger partial charge in [0.25, 0.3) is 0 Å². The molecule has 0 amide bonds. The number of nitrogens with zero attached hydrogens (tertiary/aromatic N) is 2. The summed E-state index contributed by atoms with van der Waals surface area (Å²) in [5.41, 5.74) is 5.79. The first-order chi connectivity index (χ1) is 10.1. The largest absolute Gasteiger partial charge is 0.316 e. The molecule has 0 bridgehead atoms. The number of nitrogens with one attached hydrogen (secondary N) is 1. The zero-order valence-electron chi connectivity index (χ0n) is 13.5. The molecule has 2 rings (SSSR count). The van der Waals surface area contributed by atoms with Crippen molar-refractivity contribution in [3.05, 3.63) is 46.8 Å². The van der Waals surface area contributed by atoms with Gasteiger partial charge in [-0.05, 0) is 58.3 Å². The molecule has 1 aromatic heterocycles. The van der Waals surface area contributed by atoms with Gasteiger partial charge in [0.1, 0.15) is 0 Å². The fourth-order valence-corrected chi connectivity index (χ4v) is 2.53. The van der Waals surface area contributed by atoms with Crippen LogP contribution < -0.4 is 5.32 Å². The quantitative estimate of drug-likeness (QED) is 0.823. The van der Waals surface area contributed by atoms with Gasteiger partial charge in [-0.1, -0.05) is 30.7 Å². The topological polar surface area (TPSA) is 37.8 Å². The second kappa shape index (κ2) is 7.32. The number of hydrogen-bond acceptors (Lipinski definition) is 3. The Labute approximate surface area is 127 Å². The Morgan fingerprint density at radius 2 is 1.71 bits per heavy atom. The maximum atomic E-state index is 4.71. The minimum Gasteiger partial charge on any atom is -0.316 e. The molecule has 2 aromatic rings. The average molecular weight is 283 g/mol. The lowest BCUT2D eigenvalue weighted by atomic mass is 10.1. The smallest absolute Gasteiger partial charge is 0.159 e. The van der Waals surface area contributed by atoms with Gasteiger partial charge in [0, 0.05) is 17.0 Å². The van der Waals surface area contributed by atoms with Gasteiger partial charge in [-0.2, -0.15) is 0 Å². The van der Waals surface area contributed by atoms with Crippen molar-refractivity contribution in [1.82, 2.24) is 15.3 Å². The van der Waals surface area contributed by atoms with Crippen LogP contribution in [-0.4, -0.2) is 23.1 Å². The van der Waals surface area contributed by atoms with Crippen LogP contribution in [0, 0.1) is 20.8 Å². The Morgan fingerprint density at radius 1 is 1.00 bits per heavy atom. The monoisotopic (exact) mass is 283 g/mol. The average Bonchev–Trinajstić information content (AvgIpc) is 2.45. The molecule has 0 aliphatic carbocycles. The molecule has 0 aliphatic heterocycles. The molecule has 1 aromatic carbocycles. The summed E-state index contributed by atoms with van der Waals surface area (Å²) in [6.07, 6.45) is 2.16. The first kappa shape index (κ1) is 15.6. The highest BCUT2D eigenvalue weighted by Crippen LogP contribution is 2.20. The molecule has 0 aliphatic rings. The molecule has 1 N–H and O–H groups in total. The minimum atomic E-state index is 0.832. The van der Waals surface area contributed by atoms with E-state index in [1.807, 2.05) is 0 Å². The molecule has 21 heavy (non-hydrogen) atoms. The highest BCUT2D eigenvalue weighted by Gasteiger charge is 2.09. The summed E-state index contributed by atoms with van der Waals surface area (Å²) in [4.78, 5) is 9.41. The van der Waals surface area contributed by atoms with Crippen molar-refractivity contribution in [2.45, 2.75) is 40.5 Å². The van der Waals surface area contributed by atoms with E-state index in [1.165, 1.54) is 17.5 Å². The van der Waals surface area contributed by atoms with Crippen LogP contribution in [0.15, 0.2) is 24.3 Å². The first-order valence-corrected chi connectivity index (χ1v) is 7.73. The molecule has 0 fully saturated rings. The summed E-state index contributed by atoms with van der Waals surface area (Å²) < 4.78 is 0. The number of aryl methyl sites for hydroxylation is 3. The Hall–Kier alpha value is -1.74. The van der Waals surface area contributed by atoms with E-state index in [1.54, 1.807) is 0 Å². The third-order valence-corrected chi connectivity index (χ3v) is 3.68. The molecule has 0 atom stereocenters. The lowest BCUT2D eigenvalue weighted by Crippen LogP contribution is -2.19. The van der Waals surface area contributed by atoms with E-state index in [2.05, 4.69) is 57.3 Å². The third-order valence-electron chi connectivity index (χ3n) is 3.68. The summed E-state index contributed by atoms with van der Waals surface area (Å²) in [6, 6.07) is 8.36. The Kier molecular flexibility index (Phi) is 5.45. The van der Waals surface area contributed by atoms with Crippen LogP contribution in [0.2, 0.25) is 0 Å². The van der Waals surface area contributed by atoms with Crippen LogP contribution in [0.1, 0.15) is 35.9 Å². The van der Waals surface area contributed by atoms with Gasteiger partial charge >= 0.3 is 0 Å². The van der Waals surface area contributed by atoms with Crippen molar-refractivity contribution in [3.8, 4) is 11.4 Å². The van der Waals surface area contributed by atoms with Crippen molar-refractivity contribution in [2.75, 3.05) is 13.1 Å². The molecular formula is C18H25N3. The molecule has 0 saturated carbocycles. The Balaban J connectivity index is 2.20. The maximum absolute atomic E-state index is 4.71. The van der Waals surface area contributed by atoms with Crippen LogP contribution in [0.25, 0.3) is 11.4 Å². The molecule has 0 spiro atoms. The number of aromatic nitrogens is 2. The summed E-state index contributed by atoms with van der Waals surface area (Å²) in [7, 11) is 0.